The van der Waals surface area contributed by atoms with Crippen molar-refractivity contribution >= 4 is 17.6 Å². The third-order valence-electron chi connectivity index (χ3n) is 2.21. The Morgan fingerprint density at radius 3 is 2.44 bits per heavy atom. The highest BCUT2D eigenvalue weighted by atomic mass is 35.5. The maximum atomic E-state index is 5.87. The minimum Gasteiger partial charge on any atom is -0.492 e. The van der Waals surface area contributed by atoms with Gasteiger partial charge in [0.2, 0.25) is 0 Å². The molecule has 0 N–H and O–H groups in total. The number of ether oxygens (including phenoxy) is 1. The van der Waals surface area contributed by atoms with Gasteiger partial charge in [0.25, 0.3) is 0 Å². The standard InChI is InChI=1S/C13H20ClN3O/c1-16(2)13(17(3)4)15-8-9-18-12-7-5-6-11(14)10-12/h5-7,10H,8-9H2,1-4H3. The van der Waals surface area contributed by atoms with Crippen molar-refractivity contribution in [3.63, 3.8) is 0 Å². The quantitative estimate of drug-likeness (QED) is 0.477. The predicted octanol–water partition coefficient (Wildman–Crippen LogP) is 2.20. The van der Waals surface area contributed by atoms with Gasteiger partial charge in [-0.2, -0.15) is 0 Å². The maximum absolute atomic E-state index is 5.87. The van der Waals surface area contributed by atoms with Crippen LogP contribution in [0.3, 0.4) is 0 Å². The zero-order valence-electron chi connectivity index (χ0n) is 11.4. The Morgan fingerprint density at radius 2 is 1.89 bits per heavy atom. The van der Waals surface area contributed by atoms with Gasteiger partial charge in [0.1, 0.15) is 12.4 Å². The number of hydrogen-bond acceptors (Lipinski definition) is 2. The highest BCUT2D eigenvalue weighted by Crippen LogP contribution is 2.16. The lowest BCUT2D eigenvalue weighted by Gasteiger charge is -2.22. The lowest BCUT2D eigenvalue weighted by atomic mass is 10.3. The van der Waals surface area contributed by atoms with Gasteiger partial charge in [0, 0.05) is 33.2 Å². The van der Waals surface area contributed by atoms with E-state index in [1.165, 1.54) is 0 Å². The molecule has 5 heteroatoms. The van der Waals surface area contributed by atoms with Crippen molar-refractivity contribution in [2.45, 2.75) is 0 Å². The number of rotatable bonds is 4. The van der Waals surface area contributed by atoms with Crippen molar-refractivity contribution in [2.24, 2.45) is 4.99 Å². The molecule has 18 heavy (non-hydrogen) atoms. The topological polar surface area (TPSA) is 28.1 Å². The third kappa shape index (κ3) is 4.84. The second kappa shape index (κ2) is 7.11. The van der Waals surface area contributed by atoms with E-state index in [9.17, 15) is 0 Å². The van der Waals surface area contributed by atoms with Crippen LogP contribution in [-0.2, 0) is 0 Å². The second-order valence-corrected chi connectivity index (χ2v) is 4.71. The van der Waals surface area contributed by atoms with Gasteiger partial charge in [-0.3, -0.25) is 0 Å². The van der Waals surface area contributed by atoms with Crippen molar-refractivity contribution < 1.29 is 4.74 Å². The van der Waals surface area contributed by atoms with E-state index in [-0.39, 0.29) is 0 Å². The van der Waals surface area contributed by atoms with Crippen LogP contribution in [0.15, 0.2) is 29.3 Å². The van der Waals surface area contributed by atoms with E-state index in [0.29, 0.717) is 18.2 Å². The average molecular weight is 270 g/mol. The first-order valence-electron chi connectivity index (χ1n) is 5.78. The zero-order valence-corrected chi connectivity index (χ0v) is 12.1. The smallest absolute Gasteiger partial charge is 0.195 e. The molecule has 0 aliphatic rings. The van der Waals surface area contributed by atoms with Crippen molar-refractivity contribution in [1.82, 2.24) is 9.80 Å². The molecule has 1 aromatic rings. The van der Waals surface area contributed by atoms with Crippen LogP contribution in [0.1, 0.15) is 0 Å². The van der Waals surface area contributed by atoms with Gasteiger partial charge in [-0.1, -0.05) is 17.7 Å². The fraction of sp³-hybridized carbons (Fsp3) is 0.462. The first-order valence-corrected chi connectivity index (χ1v) is 6.16. The summed E-state index contributed by atoms with van der Waals surface area (Å²) in [7, 11) is 7.88. The molecule has 0 heterocycles. The fourth-order valence-corrected chi connectivity index (χ4v) is 1.73. The van der Waals surface area contributed by atoms with Crippen LogP contribution >= 0.6 is 11.6 Å². The SMILES string of the molecule is CN(C)C(=NCCOc1cccc(Cl)c1)N(C)C. The molecule has 0 saturated heterocycles. The number of hydrogen-bond donors (Lipinski definition) is 0. The summed E-state index contributed by atoms with van der Waals surface area (Å²) in [5.74, 6) is 1.69. The summed E-state index contributed by atoms with van der Waals surface area (Å²) in [5.41, 5.74) is 0. The summed E-state index contributed by atoms with van der Waals surface area (Å²) in [6.07, 6.45) is 0. The van der Waals surface area contributed by atoms with Gasteiger partial charge >= 0.3 is 0 Å². The van der Waals surface area contributed by atoms with Crippen molar-refractivity contribution in [1.29, 1.82) is 0 Å². The lowest BCUT2D eigenvalue weighted by Crippen LogP contribution is -2.35. The molecule has 1 aromatic carbocycles. The van der Waals surface area contributed by atoms with E-state index in [1.54, 1.807) is 6.07 Å². The Labute approximate surface area is 114 Å². The molecule has 0 spiro atoms. The van der Waals surface area contributed by atoms with Crippen LogP contribution in [0.2, 0.25) is 5.02 Å². The van der Waals surface area contributed by atoms with E-state index < -0.39 is 0 Å². The molecule has 0 atom stereocenters. The molecule has 0 aliphatic heterocycles. The maximum Gasteiger partial charge on any atom is 0.195 e. The van der Waals surface area contributed by atoms with Crippen LogP contribution in [0.4, 0.5) is 0 Å². The minimum atomic E-state index is 0.533. The normalized spacial score (nSPS) is 9.83. The average Bonchev–Trinajstić information content (AvgIpc) is 2.27. The molecular weight excluding hydrogens is 250 g/mol. The number of guanidine groups is 1. The summed E-state index contributed by atoms with van der Waals surface area (Å²) in [5, 5.41) is 0.679. The Bertz CT molecular complexity index is 395. The van der Waals surface area contributed by atoms with E-state index in [0.717, 1.165) is 11.7 Å². The van der Waals surface area contributed by atoms with E-state index in [4.69, 9.17) is 16.3 Å². The number of halogens is 1. The summed E-state index contributed by atoms with van der Waals surface area (Å²) >= 11 is 5.87. The van der Waals surface area contributed by atoms with Gasteiger partial charge in [0.15, 0.2) is 5.96 Å². The molecule has 0 saturated carbocycles. The second-order valence-electron chi connectivity index (χ2n) is 4.28. The zero-order chi connectivity index (χ0) is 13.5. The largest absolute Gasteiger partial charge is 0.492 e. The molecular formula is C13H20ClN3O. The van der Waals surface area contributed by atoms with Crippen molar-refractivity contribution in [3.8, 4) is 5.75 Å². The molecule has 0 amide bonds. The molecule has 4 nitrogen and oxygen atoms in total. The predicted molar refractivity (Wildman–Crippen MR) is 76.6 cm³/mol. The molecule has 0 aromatic heterocycles. The molecule has 0 fully saturated rings. The van der Waals surface area contributed by atoms with Gasteiger partial charge in [0.05, 0.1) is 6.54 Å². The molecule has 0 bridgehead atoms. The van der Waals surface area contributed by atoms with Crippen molar-refractivity contribution in [2.75, 3.05) is 41.3 Å². The summed E-state index contributed by atoms with van der Waals surface area (Å²) in [4.78, 5) is 8.41. The van der Waals surface area contributed by atoms with Crippen LogP contribution in [0.5, 0.6) is 5.75 Å². The Hall–Kier alpha value is -1.42. The number of benzene rings is 1. The molecule has 0 unspecified atom stereocenters. The first-order chi connectivity index (χ1) is 8.50. The Morgan fingerprint density at radius 1 is 1.22 bits per heavy atom. The van der Waals surface area contributed by atoms with Gasteiger partial charge < -0.3 is 14.5 Å². The monoisotopic (exact) mass is 269 g/mol. The number of nitrogens with zero attached hydrogens (tertiary/aromatic N) is 3. The van der Waals surface area contributed by atoms with Crippen LogP contribution < -0.4 is 4.74 Å². The molecule has 1 rings (SSSR count). The highest BCUT2D eigenvalue weighted by molar-refractivity contribution is 6.30. The van der Waals surface area contributed by atoms with Crippen LogP contribution in [0.25, 0.3) is 0 Å². The minimum absolute atomic E-state index is 0.533. The molecule has 100 valence electrons. The summed E-state index contributed by atoms with van der Waals surface area (Å²) in [6.45, 7) is 1.14. The number of aliphatic imine (C=N–C) groups is 1. The van der Waals surface area contributed by atoms with Gasteiger partial charge in [-0.25, -0.2) is 4.99 Å². The lowest BCUT2D eigenvalue weighted by molar-refractivity contribution is 0.326. The summed E-state index contributed by atoms with van der Waals surface area (Å²) < 4.78 is 5.57. The highest BCUT2D eigenvalue weighted by Gasteiger charge is 2.03. The third-order valence-corrected chi connectivity index (χ3v) is 2.44. The van der Waals surface area contributed by atoms with Crippen molar-refractivity contribution in [3.05, 3.63) is 29.3 Å². The van der Waals surface area contributed by atoms with Crippen LogP contribution in [0, 0.1) is 0 Å². The Kier molecular flexibility index (Phi) is 5.78. The Balaban J connectivity index is 2.44. The molecule has 0 radical (unpaired) electrons. The summed E-state index contributed by atoms with van der Waals surface area (Å²) in [6, 6.07) is 7.37. The fourth-order valence-electron chi connectivity index (χ4n) is 1.55. The van der Waals surface area contributed by atoms with E-state index in [2.05, 4.69) is 4.99 Å². The molecule has 0 aliphatic carbocycles. The first kappa shape index (κ1) is 14.6. The van der Waals surface area contributed by atoms with Gasteiger partial charge in [-0.05, 0) is 18.2 Å². The van der Waals surface area contributed by atoms with E-state index in [1.807, 2.05) is 56.2 Å². The van der Waals surface area contributed by atoms with E-state index >= 15 is 0 Å². The van der Waals surface area contributed by atoms with Crippen LogP contribution in [-0.4, -0.2) is 57.1 Å². The van der Waals surface area contributed by atoms with Gasteiger partial charge in [-0.15, -0.1) is 0 Å².